The minimum absolute atomic E-state index is 0.246. The summed E-state index contributed by atoms with van der Waals surface area (Å²) in [6.07, 6.45) is 4.19. The van der Waals surface area contributed by atoms with Crippen LogP contribution in [0.25, 0.3) is 0 Å². The molecule has 0 radical (unpaired) electrons. The molecule has 8 heteroatoms. The molecular weight excluding hydrogens is 352 g/mol. The number of carboxylic acids is 1. The maximum atomic E-state index is 12.2. The molecule has 154 valence electrons. The Morgan fingerprint density at radius 1 is 0.889 bits per heavy atom. The lowest BCUT2D eigenvalue weighted by atomic mass is 10.1. The predicted molar refractivity (Wildman–Crippen MR) is 99.7 cm³/mol. The van der Waals surface area contributed by atoms with E-state index in [0.29, 0.717) is 26.2 Å². The van der Waals surface area contributed by atoms with E-state index in [9.17, 15) is 9.59 Å². The summed E-state index contributed by atoms with van der Waals surface area (Å²) in [5.41, 5.74) is 0.246. The molecule has 0 unspecified atom stereocenters. The molecule has 1 N–H and O–H groups in total. The summed E-state index contributed by atoms with van der Waals surface area (Å²) in [4.78, 5) is 27.8. The van der Waals surface area contributed by atoms with Crippen molar-refractivity contribution >= 4 is 11.9 Å². The Morgan fingerprint density at radius 3 is 2.07 bits per heavy atom. The SMILES string of the molecule is O=C(O)/C=C(\CCCCCN1CCOCC1)C(=O)OCCN1CCOCC1. The summed E-state index contributed by atoms with van der Waals surface area (Å²) in [6, 6.07) is 0. The van der Waals surface area contributed by atoms with Crippen LogP contribution in [-0.4, -0.2) is 99.1 Å². The standard InChI is InChI=1S/C19H32N2O6/c22-18(23)16-17(4-2-1-3-5-20-6-11-25-12-7-20)19(24)27-15-10-21-8-13-26-14-9-21/h16H,1-15H2,(H,22,23)/b17-16+. The summed E-state index contributed by atoms with van der Waals surface area (Å²) in [6.45, 7) is 8.53. The maximum absolute atomic E-state index is 12.2. The van der Waals surface area contributed by atoms with E-state index >= 15 is 0 Å². The lowest BCUT2D eigenvalue weighted by molar-refractivity contribution is -0.140. The molecule has 2 aliphatic heterocycles. The number of carbonyl (C=O) groups excluding carboxylic acids is 1. The molecule has 27 heavy (non-hydrogen) atoms. The molecule has 2 heterocycles. The second-order valence-electron chi connectivity index (χ2n) is 6.86. The highest BCUT2D eigenvalue weighted by Gasteiger charge is 2.15. The fraction of sp³-hybridized carbons (Fsp3) is 0.789. The number of carbonyl (C=O) groups is 2. The van der Waals surface area contributed by atoms with Crippen LogP contribution >= 0.6 is 0 Å². The molecule has 0 amide bonds. The Bertz CT molecular complexity index is 485. The summed E-state index contributed by atoms with van der Waals surface area (Å²) >= 11 is 0. The van der Waals surface area contributed by atoms with Gasteiger partial charge >= 0.3 is 11.9 Å². The number of ether oxygens (including phenoxy) is 3. The molecule has 2 rings (SSSR count). The summed E-state index contributed by atoms with van der Waals surface area (Å²) in [5.74, 6) is -1.62. The first kappa shape index (κ1) is 21.8. The van der Waals surface area contributed by atoms with Gasteiger partial charge in [-0.05, 0) is 25.8 Å². The van der Waals surface area contributed by atoms with Crippen LogP contribution in [0.3, 0.4) is 0 Å². The van der Waals surface area contributed by atoms with Crippen LogP contribution < -0.4 is 0 Å². The second kappa shape index (κ2) is 12.8. The quantitative estimate of drug-likeness (QED) is 0.317. The highest BCUT2D eigenvalue weighted by Crippen LogP contribution is 2.12. The highest BCUT2D eigenvalue weighted by atomic mass is 16.5. The predicted octanol–water partition coefficient (Wildman–Crippen LogP) is 0.765. The largest absolute Gasteiger partial charge is 0.478 e. The van der Waals surface area contributed by atoms with Crippen LogP contribution in [0.4, 0.5) is 0 Å². The Kier molecular flexibility index (Phi) is 10.4. The smallest absolute Gasteiger partial charge is 0.334 e. The third-order valence-electron chi connectivity index (χ3n) is 4.83. The number of hydrogen-bond donors (Lipinski definition) is 1. The van der Waals surface area contributed by atoms with Crippen LogP contribution in [0.1, 0.15) is 25.7 Å². The van der Waals surface area contributed by atoms with E-state index in [1.165, 1.54) is 0 Å². The van der Waals surface area contributed by atoms with Crippen molar-refractivity contribution in [3.8, 4) is 0 Å². The molecule has 0 bridgehead atoms. The van der Waals surface area contributed by atoms with Crippen LogP contribution in [0.2, 0.25) is 0 Å². The zero-order chi connectivity index (χ0) is 19.3. The first-order chi connectivity index (χ1) is 13.1. The van der Waals surface area contributed by atoms with Crippen molar-refractivity contribution in [1.82, 2.24) is 9.80 Å². The van der Waals surface area contributed by atoms with Crippen molar-refractivity contribution in [2.24, 2.45) is 0 Å². The van der Waals surface area contributed by atoms with E-state index in [2.05, 4.69) is 9.80 Å². The number of unbranched alkanes of at least 4 members (excludes halogenated alkanes) is 2. The van der Waals surface area contributed by atoms with Gasteiger partial charge in [0.2, 0.25) is 0 Å². The lowest BCUT2D eigenvalue weighted by Gasteiger charge is -2.26. The minimum atomic E-state index is -1.11. The number of hydrogen-bond acceptors (Lipinski definition) is 7. The van der Waals surface area contributed by atoms with E-state index in [0.717, 1.165) is 71.3 Å². The average molecular weight is 384 g/mol. The Balaban J connectivity index is 1.63. The number of aliphatic carboxylic acids is 1. The van der Waals surface area contributed by atoms with E-state index in [4.69, 9.17) is 19.3 Å². The Morgan fingerprint density at radius 2 is 1.48 bits per heavy atom. The van der Waals surface area contributed by atoms with Gasteiger partial charge in [0, 0.05) is 44.4 Å². The molecule has 0 atom stereocenters. The third kappa shape index (κ3) is 9.32. The van der Waals surface area contributed by atoms with E-state index in [-0.39, 0.29) is 12.2 Å². The normalized spacial score (nSPS) is 19.8. The molecule has 0 aromatic rings. The van der Waals surface area contributed by atoms with E-state index in [1.54, 1.807) is 0 Å². The van der Waals surface area contributed by atoms with Gasteiger partial charge in [-0.3, -0.25) is 9.80 Å². The van der Waals surface area contributed by atoms with Crippen molar-refractivity contribution in [3.63, 3.8) is 0 Å². The molecular formula is C19H32N2O6. The van der Waals surface area contributed by atoms with E-state index in [1.807, 2.05) is 0 Å². The Labute approximate surface area is 161 Å². The van der Waals surface area contributed by atoms with Crippen molar-refractivity contribution in [2.75, 3.05) is 72.3 Å². The zero-order valence-corrected chi connectivity index (χ0v) is 16.1. The third-order valence-corrected chi connectivity index (χ3v) is 4.83. The fourth-order valence-corrected chi connectivity index (χ4v) is 3.22. The van der Waals surface area contributed by atoms with Gasteiger partial charge in [0.25, 0.3) is 0 Å². The van der Waals surface area contributed by atoms with Gasteiger partial charge in [-0.1, -0.05) is 6.42 Å². The van der Waals surface area contributed by atoms with Crippen molar-refractivity contribution in [3.05, 3.63) is 11.6 Å². The summed E-state index contributed by atoms with van der Waals surface area (Å²) < 4.78 is 15.9. The van der Waals surface area contributed by atoms with Crippen molar-refractivity contribution in [1.29, 1.82) is 0 Å². The van der Waals surface area contributed by atoms with Gasteiger partial charge in [-0.2, -0.15) is 0 Å². The number of carboxylic acid groups (broad SMARTS) is 1. The molecule has 2 fully saturated rings. The van der Waals surface area contributed by atoms with Gasteiger partial charge < -0.3 is 19.3 Å². The fourth-order valence-electron chi connectivity index (χ4n) is 3.22. The molecule has 2 aliphatic rings. The molecule has 0 saturated carbocycles. The first-order valence-electron chi connectivity index (χ1n) is 9.86. The Hall–Kier alpha value is -1.48. The van der Waals surface area contributed by atoms with Gasteiger partial charge in [-0.15, -0.1) is 0 Å². The second-order valence-corrected chi connectivity index (χ2v) is 6.86. The lowest BCUT2D eigenvalue weighted by Crippen LogP contribution is -2.38. The number of rotatable bonds is 11. The van der Waals surface area contributed by atoms with Crippen LogP contribution in [-0.2, 0) is 23.8 Å². The topological polar surface area (TPSA) is 88.5 Å². The first-order valence-corrected chi connectivity index (χ1v) is 9.86. The molecule has 0 aromatic carbocycles. The van der Waals surface area contributed by atoms with Crippen LogP contribution in [0, 0.1) is 0 Å². The average Bonchev–Trinajstić information content (AvgIpc) is 2.68. The van der Waals surface area contributed by atoms with Gasteiger partial charge in [0.15, 0.2) is 0 Å². The molecule has 8 nitrogen and oxygen atoms in total. The number of nitrogens with zero attached hydrogens (tertiary/aromatic N) is 2. The molecule has 0 aromatic heterocycles. The van der Waals surface area contributed by atoms with Crippen molar-refractivity contribution < 1.29 is 28.9 Å². The van der Waals surface area contributed by atoms with Crippen molar-refractivity contribution in [2.45, 2.75) is 25.7 Å². The van der Waals surface area contributed by atoms with E-state index < -0.39 is 11.9 Å². The number of esters is 1. The monoisotopic (exact) mass is 384 g/mol. The van der Waals surface area contributed by atoms with Gasteiger partial charge in [0.1, 0.15) is 6.61 Å². The summed E-state index contributed by atoms with van der Waals surface area (Å²) in [5, 5.41) is 9.01. The van der Waals surface area contributed by atoms with Gasteiger partial charge in [0.05, 0.1) is 26.4 Å². The summed E-state index contributed by atoms with van der Waals surface area (Å²) in [7, 11) is 0. The maximum Gasteiger partial charge on any atom is 0.334 e. The van der Waals surface area contributed by atoms with Gasteiger partial charge in [-0.25, -0.2) is 9.59 Å². The number of morpholine rings is 2. The minimum Gasteiger partial charge on any atom is -0.478 e. The molecule has 0 spiro atoms. The van der Waals surface area contributed by atoms with Crippen LogP contribution in [0.15, 0.2) is 11.6 Å². The highest BCUT2D eigenvalue weighted by molar-refractivity contribution is 5.95. The van der Waals surface area contributed by atoms with Crippen LogP contribution in [0.5, 0.6) is 0 Å². The molecule has 0 aliphatic carbocycles. The zero-order valence-electron chi connectivity index (χ0n) is 16.1. The molecule has 2 saturated heterocycles.